The molecule has 4 saturated carbocycles. The zero-order valence-electron chi connectivity index (χ0n) is 33.7. The third kappa shape index (κ3) is 5.44. The molecule has 5 aliphatic carbocycles. The fourth-order valence-electron chi connectivity index (χ4n) is 14.3. The first kappa shape index (κ1) is 41.0. The van der Waals surface area contributed by atoms with Crippen molar-refractivity contribution < 1.29 is 64.5 Å². The van der Waals surface area contributed by atoms with Crippen LogP contribution in [0.15, 0.2) is 12.2 Å². The number of rotatable bonds is 6. The van der Waals surface area contributed by atoms with Gasteiger partial charge in [0, 0.05) is 22.2 Å². The minimum Gasteiger partial charge on any atom is -0.396 e. The van der Waals surface area contributed by atoms with Crippen molar-refractivity contribution in [1.82, 2.24) is 0 Å². The van der Waals surface area contributed by atoms with Crippen LogP contribution in [0.5, 0.6) is 0 Å². The minimum absolute atomic E-state index is 0.00272. The van der Waals surface area contributed by atoms with Gasteiger partial charge in [-0.15, -0.1) is 0 Å². The van der Waals surface area contributed by atoms with E-state index in [0.717, 1.165) is 38.5 Å². The molecule has 7 fully saturated rings. The fourth-order valence-corrected chi connectivity index (χ4v) is 14.3. The lowest BCUT2D eigenvalue weighted by Crippen LogP contribution is -2.72. The van der Waals surface area contributed by atoms with Crippen LogP contribution in [0.2, 0.25) is 0 Å². The Morgan fingerprint density at radius 3 is 2.15 bits per heavy atom. The summed E-state index contributed by atoms with van der Waals surface area (Å²) in [6.07, 6.45) is -3.61. The van der Waals surface area contributed by atoms with Crippen LogP contribution in [-0.4, -0.2) is 140 Å². The molecule has 0 aromatic rings. The van der Waals surface area contributed by atoms with Crippen LogP contribution < -0.4 is 0 Å². The maximum atomic E-state index is 12.1. The van der Waals surface area contributed by atoms with Crippen molar-refractivity contribution in [2.45, 2.75) is 179 Å². The summed E-state index contributed by atoms with van der Waals surface area (Å²) in [6, 6.07) is 0. The van der Waals surface area contributed by atoms with Gasteiger partial charge in [0.05, 0.1) is 43.7 Å². The molecule has 55 heavy (non-hydrogen) atoms. The molecule has 0 aromatic carbocycles. The first-order valence-corrected chi connectivity index (χ1v) is 20.9. The number of aliphatic hydroxyl groups is 8. The Morgan fingerprint density at radius 1 is 0.727 bits per heavy atom. The number of ether oxygens (including phenoxy) is 5. The summed E-state index contributed by atoms with van der Waals surface area (Å²) in [4.78, 5) is 0. The molecule has 8 aliphatic rings. The van der Waals surface area contributed by atoms with E-state index in [1.54, 1.807) is 0 Å². The Hall–Kier alpha value is -0.780. The molecule has 314 valence electrons. The topological polar surface area (TPSA) is 208 Å². The van der Waals surface area contributed by atoms with Crippen molar-refractivity contribution in [3.05, 3.63) is 12.2 Å². The molecule has 8 N–H and O–H groups in total. The highest BCUT2D eigenvalue weighted by atomic mass is 16.8. The van der Waals surface area contributed by atoms with Crippen molar-refractivity contribution in [1.29, 1.82) is 0 Å². The van der Waals surface area contributed by atoms with Crippen molar-refractivity contribution >= 4 is 0 Å². The summed E-state index contributed by atoms with van der Waals surface area (Å²) in [5, 5.41) is 87.2. The normalized spacial score (nSPS) is 59.7. The number of hydrogen-bond donors (Lipinski definition) is 8. The monoisotopic (exact) mass is 780 g/mol. The van der Waals surface area contributed by atoms with Gasteiger partial charge in [0.15, 0.2) is 12.6 Å². The van der Waals surface area contributed by atoms with Gasteiger partial charge in [-0.2, -0.15) is 0 Å². The largest absolute Gasteiger partial charge is 0.396 e. The lowest BCUT2D eigenvalue weighted by atomic mass is 9.32. The molecular formula is C42H68O13. The molecule has 3 aliphatic heterocycles. The third-order valence-electron chi connectivity index (χ3n) is 17.9. The summed E-state index contributed by atoms with van der Waals surface area (Å²) in [5.41, 5.74) is -2.06. The molecule has 0 radical (unpaired) electrons. The van der Waals surface area contributed by atoms with Crippen LogP contribution in [-0.2, 0) is 23.7 Å². The van der Waals surface area contributed by atoms with E-state index in [-0.39, 0.29) is 51.4 Å². The van der Waals surface area contributed by atoms with Gasteiger partial charge < -0.3 is 64.5 Å². The van der Waals surface area contributed by atoms with Gasteiger partial charge in [0.1, 0.15) is 42.7 Å². The average molecular weight is 781 g/mol. The second kappa shape index (κ2) is 13.4. The Kier molecular flexibility index (Phi) is 9.95. The maximum Gasteiger partial charge on any atom is 0.187 e. The van der Waals surface area contributed by atoms with Gasteiger partial charge in [0.2, 0.25) is 0 Å². The van der Waals surface area contributed by atoms with Crippen molar-refractivity contribution in [2.75, 3.05) is 19.8 Å². The molecule has 13 nitrogen and oxygen atoms in total. The van der Waals surface area contributed by atoms with Gasteiger partial charge in [-0.25, -0.2) is 0 Å². The summed E-state index contributed by atoms with van der Waals surface area (Å²) >= 11 is 0. The molecule has 0 aromatic heterocycles. The van der Waals surface area contributed by atoms with Gasteiger partial charge in [0.25, 0.3) is 0 Å². The van der Waals surface area contributed by atoms with Crippen molar-refractivity contribution in [3.63, 3.8) is 0 Å². The number of fused-ring (bicyclic) bond motifs is 4. The number of hydrogen-bond acceptors (Lipinski definition) is 13. The van der Waals surface area contributed by atoms with Gasteiger partial charge in [-0.3, -0.25) is 0 Å². The van der Waals surface area contributed by atoms with E-state index in [1.165, 1.54) is 6.92 Å². The Morgan fingerprint density at radius 2 is 1.45 bits per heavy atom. The van der Waals surface area contributed by atoms with E-state index in [1.807, 2.05) is 6.92 Å². The molecule has 8 rings (SSSR count). The van der Waals surface area contributed by atoms with E-state index < -0.39 is 91.2 Å². The van der Waals surface area contributed by atoms with Gasteiger partial charge >= 0.3 is 0 Å². The second-order valence-corrected chi connectivity index (χ2v) is 21.0. The molecule has 13 heteroatoms. The van der Waals surface area contributed by atoms with E-state index in [2.05, 4.69) is 46.8 Å². The predicted molar refractivity (Wildman–Crippen MR) is 197 cm³/mol. The quantitative estimate of drug-likeness (QED) is 0.143. The fraction of sp³-hybridized carbons (Fsp3) is 0.952. The van der Waals surface area contributed by atoms with E-state index >= 15 is 0 Å². The first-order valence-electron chi connectivity index (χ1n) is 20.9. The summed E-state index contributed by atoms with van der Waals surface area (Å²) in [7, 11) is 0. The van der Waals surface area contributed by atoms with E-state index in [4.69, 9.17) is 23.7 Å². The Balaban J connectivity index is 1.09. The highest BCUT2D eigenvalue weighted by Crippen LogP contribution is 2.79. The predicted octanol–water partition coefficient (Wildman–Crippen LogP) is 1.78. The number of aliphatic hydroxyl groups excluding tert-OH is 8. The molecule has 3 heterocycles. The van der Waals surface area contributed by atoms with E-state index in [9.17, 15) is 40.9 Å². The molecule has 2 bridgehead atoms. The standard InChI is InChI=1S/C42H68O13/c1-21-28(46)30(48)32(50)34(52-21)55-33-31(49)29(47)22(18-43)53-35(33)54-27-10-11-37(4)23(38(27,5)19-44)8-12-39(6)24(37)9-13-42-25-16-36(2,3)14-15-41(25,20-51-42)26(45)17-40(39,42)7/h9,13,21-35,43-50H,8,10-12,14-20H2,1-7H3/t21-,22-,23-,24-,25-,26-,27+,28+,29-,30+,31+,32-,33-,34+,35+,37+,38+,39-,40+,41-,42+/m1/s1. The minimum atomic E-state index is -1.67. The average Bonchev–Trinajstić information content (AvgIpc) is 3.41. The molecule has 3 saturated heterocycles. The summed E-state index contributed by atoms with van der Waals surface area (Å²) in [5.74, 6) is 0.374. The highest BCUT2D eigenvalue weighted by molar-refractivity contribution is 5.36. The van der Waals surface area contributed by atoms with Crippen molar-refractivity contribution in [2.24, 2.45) is 50.2 Å². The lowest BCUT2D eigenvalue weighted by Gasteiger charge is -2.73. The van der Waals surface area contributed by atoms with Crippen LogP contribution >= 0.6 is 0 Å². The third-order valence-corrected chi connectivity index (χ3v) is 17.9. The zero-order valence-corrected chi connectivity index (χ0v) is 33.7. The van der Waals surface area contributed by atoms with E-state index in [0.29, 0.717) is 19.4 Å². The molecular weight excluding hydrogens is 712 g/mol. The Labute approximate surface area is 325 Å². The van der Waals surface area contributed by atoms with Crippen LogP contribution in [0, 0.1) is 50.2 Å². The summed E-state index contributed by atoms with van der Waals surface area (Å²) in [6.45, 7) is 15.2. The van der Waals surface area contributed by atoms with Crippen LogP contribution in [0.4, 0.5) is 0 Å². The maximum absolute atomic E-state index is 12.1. The molecule has 1 spiro atoms. The molecule has 0 amide bonds. The summed E-state index contributed by atoms with van der Waals surface area (Å²) < 4.78 is 31.6. The SMILES string of the molecule is C[C@H]1O[C@@H](O[C@H]2[C@H](O[C@H]3CC[C@@]4(C)[C@@H](CC[C@]5(C)[C@@H]4C=C[C@]46OC[C@@]7(CCC(C)(C)C[C@H]74)[C@H](O)C[C@]65C)[C@]3(C)CO)O[C@H](CO)[C@@H](O)[C@@H]2O)[C@H](O)[C@@H](O)[C@H]1O. The van der Waals surface area contributed by atoms with Crippen LogP contribution in [0.3, 0.4) is 0 Å². The second-order valence-electron chi connectivity index (χ2n) is 21.0. The number of allylic oxidation sites excluding steroid dienone is 1. The first-order chi connectivity index (χ1) is 25.7. The smallest absolute Gasteiger partial charge is 0.187 e. The van der Waals surface area contributed by atoms with Crippen molar-refractivity contribution in [3.8, 4) is 0 Å². The lowest BCUT2D eigenvalue weighted by molar-refractivity contribution is -0.377. The Bertz CT molecular complexity index is 1490. The van der Waals surface area contributed by atoms with Crippen LogP contribution in [0.25, 0.3) is 0 Å². The van der Waals surface area contributed by atoms with Gasteiger partial charge in [-0.1, -0.05) is 53.7 Å². The molecule has 0 unspecified atom stereocenters. The highest BCUT2D eigenvalue weighted by Gasteiger charge is 2.79. The van der Waals surface area contributed by atoms with Crippen LogP contribution in [0.1, 0.15) is 99.8 Å². The molecule has 21 atom stereocenters. The zero-order chi connectivity index (χ0) is 39.9. The van der Waals surface area contributed by atoms with Gasteiger partial charge in [-0.05, 0) is 86.4 Å².